The molecule has 7 heteroatoms. The van der Waals surface area contributed by atoms with E-state index in [-0.39, 0.29) is 18.9 Å². The second kappa shape index (κ2) is 11.0. The molecule has 0 saturated carbocycles. The normalized spacial score (nSPS) is 11.0. The molecule has 4 rings (SSSR count). The van der Waals surface area contributed by atoms with Gasteiger partial charge in [-0.05, 0) is 42.3 Å². The van der Waals surface area contributed by atoms with E-state index in [1.807, 2.05) is 0 Å². The molecule has 0 fully saturated rings. The maximum atomic E-state index is 14.4. The molecule has 0 bridgehead atoms. The summed E-state index contributed by atoms with van der Waals surface area (Å²) in [4.78, 5) is 38.9. The Kier molecular flexibility index (Phi) is 7.55. The molecule has 0 unspecified atom stereocenters. The van der Waals surface area contributed by atoms with Crippen LogP contribution in [-0.2, 0) is 17.8 Å². The van der Waals surface area contributed by atoms with E-state index < -0.39 is 17.1 Å². The van der Waals surface area contributed by atoms with Crippen molar-refractivity contribution < 1.29 is 9.18 Å². The molecule has 1 N–H and O–H groups in total. The van der Waals surface area contributed by atoms with Gasteiger partial charge in [0.2, 0.25) is 5.91 Å². The lowest BCUT2D eigenvalue weighted by Gasteiger charge is -2.15. The largest absolute Gasteiger partial charge is 0.356 e. The van der Waals surface area contributed by atoms with Crippen molar-refractivity contribution in [2.24, 2.45) is 0 Å². The number of nitrogens with one attached hydrogen (secondary N) is 1. The van der Waals surface area contributed by atoms with Crippen LogP contribution in [0, 0.1) is 5.82 Å². The molecule has 1 aromatic heterocycles. The molecule has 0 aliphatic rings. The molecule has 0 spiro atoms. The quantitative estimate of drug-likeness (QED) is 0.371. The van der Waals surface area contributed by atoms with Crippen molar-refractivity contribution >= 4 is 16.8 Å². The highest BCUT2D eigenvalue weighted by molar-refractivity contribution is 5.79. The number of aromatic nitrogens is 2. The highest BCUT2D eigenvalue weighted by Crippen LogP contribution is 2.14. The van der Waals surface area contributed by atoms with Crippen LogP contribution in [-0.4, -0.2) is 21.6 Å². The third-order valence-electron chi connectivity index (χ3n) is 6.00. The molecule has 35 heavy (non-hydrogen) atoms. The molecule has 0 aliphatic carbocycles. The van der Waals surface area contributed by atoms with Gasteiger partial charge in [0.05, 0.1) is 29.6 Å². The third kappa shape index (κ3) is 5.40. The first-order chi connectivity index (χ1) is 17.0. The van der Waals surface area contributed by atoms with E-state index >= 15 is 0 Å². The fraction of sp³-hybridized carbons (Fsp3) is 0.250. The monoisotopic (exact) mass is 473 g/mol. The molecular formula is C28H28FN3O3. The predicted octanol–water partition coefficient (Wildman–Crippen LogP) is 4.19. The van der Waals surface area contributed by atoms with Crippen LogP contribution in [0.2, 0.25) is 0 Å². The van der Waals surface area contributed by atoms with Crippen molar-refractivity contribution in [3.8, 4) is 5.69 Å². The van der Waals surface area contributed by atoms with Crippen LogP contribution in [0.4, 0.5) is 4.39 Å². The van der Waals surface area contributed by atoms with Gasteiger partial charge < -0.3 is 5.32 Å². The van der Waals surface area contributed by atoms with E-state index in [0.717, 1.165) is 29.4 Å². The Morgan fingerprint density at radius 3 is 2.37 bits per heavy atom. The Morgan fingerprint density at radius 1 is 0.914 bits per heavy atom. The lowest BCUT2D eigenvalue weighted by Crippen LogP contribution is -2.39. The van der Waals surface area contributed by atoms with Gasteiger partial charge in [0.1, 0.15) is 5.82 Å². The summed E-state index contributed by atoms with van der Waals surface area (Å²) >= 11 is 0. The van der Waals surface area contributed by atoms with Crippen molar-refractivity contribution in [3.05, 3.63) is 111 Å². The number of benzene rings is 3. The molecule has 0 saturated heterocycles. The SMILES string of the molecule is CCCCCNC(=O)Cc1ccc(-n2c(=O)c3ccccc3n(Cc3ccccc3F)c2=O)cc1. The molecule has 0 radical (unpaired) electrons. The smallest absolute Gasteiger partial charge is 0.336 e. The van der Waals surface area contributed by atoms with Gasteiger partial charge in [-0.2, -0.15) is 0 Å². The second-order valence-electron chi connectivity index (χ2n) is 8.52. The summed E-state index contributed by atoms with van der Waals surface area (Å²) in [6.45, 7) is 2.75. The Morgan fingerprint density at radius 2 is 1.63 bits per heavy atom. The summed E-state index contributed by atoms with van der Waals surface area (Å²) in [6.07, 6.45) is 3.33. The van der Waals surface area contributed by atoms with Gasteiger partial charge >= 0.3 is 5.69 Å². The number of hydrogen-bond acceptors (Lipinski definition) is 3. The summed E-state index contributed by atoms with van der Waals surface area (Å²) in [5, 5.41) is 3.27. The lowest BCUT2D eigenvalue weighted by atomic mass is 10.1. The second-order valence-corrected chi connectivity index (χ2v) is 8.52. The first kappa shape index (κ1) is 24.1. The predicted molar refractivity (Wildman–Crippen MR) is 136 cm³/mol. The number of amides is 1. The molecule has 3 aromatic carbocycles. The van der Waals surface area contributed by atoms with Gasteiger partial charge in [0.15, 0.2) is 0 Å². The van der Waals surface area contributed by atoms with E-state index in [0.29, 0.717) is 28.7 Å². The van der Waals surface area contributed by atoms with E-state index in [9.17, 15) is 18.8 Å². The number of halogens is 1. The van der Waals surface area contributed by atoms with E-state index in [4.69, 9.17) is 0 Å². The number of fused-ring (bicyclic) bond motifs is 1. The zero-order valence-corrected chi connectivity index (χ0v) is 19.7. The topological polar surface area (TPSA) is 73.1 Å². The van der Waals surface area contributed by atoms with Crippen LogP contribution in [0.25, 0.3) is 16.6 Å². The number of rotatable bonds is 9. The molecule has 180 valence electrons. The molecule has 1 amide bonds. The summed E-state index contributed by atoms with van der Waals surface area (Å²) in [5.74, 6) is -0.484. The van der Waals surface area contributed by atoms with Crippen LogP contribution in [0.1, 0.15) is 37.3 Å². The molecule has 6 nitrogen and oxygen atoms in total. The molecular weight excluding hydrogens is 445 g/mol. The first-order valence-electron chi connectivity index (χ1n) is 11.8. The van der Waals surface area contributed by atoms with Crippen LogP contribution in [0.5, 0.6) is 0 Å². The van der Waals surface area contributed by atoms with Gasteiger partial charge in [-0.1, -0.05) is 62.2 Å². The Bertz CT molecular complexity index is 1460. The summed E-state index contributed by atoms with van der Waals surface area (Å²) in [5.41, 5.74) is 0.959. The van der Waals surface area contributed by atoms with Crippen molar-refractivity contribution in [2.75, 3.05) is 6.54 Å². The van der Waals surface area contributed by atoms with Gasteiger partial charge in [-0.3, -0.25) is 14.2 Å². The molecule has 1 heterocycles. The fourth-order valence-electron chi connectivity index (χ4n) is 4.11. The van der Waals surface area contributed by atoms with Gasteiger partial charge in [0, 0.05) is 12.1 Å². The van der Waals surface area contributed by atoms with E-state index in [1.54, 1.807) is 66.7 Å². The van der Waals surface area contributed by atoms with Crippen LogP contribution < -0.4 is 16.6 Å². The Labute approximate surface area is 202 Å². The maximum Gasteiger partial charge on any atom is 0.336 e. The van der Waals surface area contributed by atoms with Crippen LogP contribution >= 0.6 is 0 Å². The first-order valence-corrected chi connectivity index (χ1v) is 11.8. The zero-order valence-electron chi connectivity index (χ0n) is 19.7. The summed E-state index contributed by atoms with van der Waals surface area (Å²) < 4.78 is 16.9. The lowest BCUT2D eigenvalue weighted by molar-refractivity contribution is -0.120. The number of unbranched alkanes of at least 4 members (excludes halogenated alkanes) is 2. The fourth-order valence-corrected chi connectivity index (χ4v) is 4.11. The Balaban J connectivity index is 1.68. The van der Waals surface area contributed by atoms with Gasteiger partial charge in [-0.15, -0.1) is 0 Å². The highest BCUT2D eigenvalue weighted by Gasteiger charge is 2.16. The number of carbonyl (C=O) groups excluding carboxylic acids is 1. The molecule has 4 aromatic rings. The minimum Gasteiger partial charge on any atom is -0.356 e. The summed E-state index contributed by atoms with van der Waals surface area (Å²) in [6, 6.07) is 19.9. The van der Waals surface area contributed by atoms with Crippen LogP contribution in [0.3, 0.4) is 0 Å². The number of hydrogen-bond donors (Lipinski definition) is 1. The average Bonchev–Trinajstić information content (AvgIpc) is 2.86. The molecule has 0 atom stereocenters. The third-order valence-corrected chi connectivity index (χ3v) is 6.00. The number of para-hydroxylation sites is 1. The Hall–Kier alpha value is -4.00. The highest BCUT2D eigenvalue weighted by atomic mass is 19.1. The average molecular weight is 474 g/mol. The van der Waals surface area contributed by atoms with Crippen LogP contribution in [0.15, 0.2) is 82.4 Å². The minimum absolute atomic E-state index is 0.0113. The number of nitrogens with zero attached hydrogens (tertiary/aromatic N) is 2. The van der Waals surface area contributed by atoms with Gasteiger partial charge in [-0.25, -0.2) is 13.8 Å². The van der Waals surface area contributed by atoms with E-state index in [1.165, 1.54) is 10.6 Å². The maximum absolute atomic E-state index is 14.4. The van der Waals surface area contributed by atoms with Crippen molar-refractivity contribution in [3.63, 3.8) is 0 Å². The van der Waals surface area contributed by atoms with Crippen molar-refractivity contribution in [1.29, 1.82) is 0 Å². The zero-order chi connectivity index (χ0) is 24.8. The van der Waals surface area contributed by atoms with Crippen molar-refractivity contribution in [1.82, 2.24) is 14.5 Å². The van der Waals surface area contributed by atoms with Gasteiger partial charge in [0.25, 0.3) is 5.56 Å². The molecule has 0 aliphatic heterocycles. The van der Waals surface area contributed by atoms with Crippen molar-refractivity contribution in [2.45, 2.75) is 39.2 Å². The standard InChI is InChI=1S/C28H28FN3O3/c1-2-3-8-17-30-26(33)18-20-13-15-22(16-14-20)32-27(34)23-10-5-7-12-25(23)31(28(32)35)19-21-9-4-6-11-24(21)29/h4-7,9-16H,2-3,8,17-19H2,1H3,(H,30,33). The minimum atomic E-state index is -0.557. The van der Waals surface area contributed by atoms with E-state index in [2.05, 4.69) is 12.2 Å². The summed E-state index contributed by atoms with van der Waals surface area (Å²) in [7, 11) is 0. The number of carbonyl (C=O) groups is 1.